The molecule has 0 fully saturated rings. The molecule has 0 spiro atoms. The fraction of sp³-hybridized carbons (Fsp3) is 0. The molecule has 110 valence electrons. The summed E-state index contributed by atoms with van der Waals surface area (Å²) in [6.45, 7) is 0. The van der Waals surface area contributed by atoms with E-state index in [-0.39, 0.29) is 27.0 Å². The van der Waals surface area contributed by atoms with Gasteiger partial charge in [-0.2, -0.15) is 0 Å². The number of nitrogens with one attached hydrogen (secondary N) is 1. The second kappa shape index (κ2) is 5.68. The Morgan fingerprint density at radius 1 is 1.29 bits per heavy atom. The quantitative estimate of drug-likeness (QED) is 0.730. The summed E-state index contributed by atoms with van der Waals surface area (Å²) < 4.78 is 22.5. The van der Waals surface area contributed by atoms with E-state index in [0.717, 1.165) is 0 Å². The Hall–Kier alpha value is -2.16. The van der Waals surface area contributed by atoms with Crippen molar-refractivity contribution < 1.29 is 13.2 Å². The van der Waals surface area contributed by atoms with Crippen molar-refractivity contribution in [3.63, 3.8) is 0 Å². The Kier molecular flexibility index (Phi) is 4.12. The topological polar surface area (TPSA) is 128 Å². The number of primary sulfonamides is 1. The van der Waals surface area contributed by atoms with Gasteiger partial charge in [0.25, 0.3) is 5.91 Å². The molecule has 7 nitrogen and oxygen atoms in total. The first-order valence-corrected chi connectivity index (χ1v) is 7.55. The van der Waals surface area contributed by atoms with Gasteiger partial charge >= 0.3 is 0 Å². The highest BCUT2D eigenvalue weighted by Crippen LogP contribution is 2.19. The lowest BCUT2D eigenvalue weighted by atomic mass is 10.2. The van der Waals surface area contributed by atoms with Crippen LogP contribution in [0.5, 0.6) is 0 Å². The lowest BCUT2D eigenvalue weighted by Crippen LogP contribution is -2.15. The molecule has 0 bridgehead atoms. The summed E-state index contributed by atoms with van der Waals surface area (Å²) in [5.41, 5.74) is 6.16. The van der Waals surface area contributed by atoms with Crippen molar-refractivity contribution in [2.45, 2.75) is 4.90 Å². The van der Waals surface area contributed by atoms with E-state index in [1.165, 1.54) is 36.5 Å². The molecule has 0 unspecified atom stereocenters. The van der Waals surface area contributed by atoms with Crippen LogP contribution in [0.1, 0.15) is 10.4 Å². The molecule has 1 aromatic carbocycles. The monoisotopic (exact) mass is 326 g/mol. The molecule has 0 saturated carbocycles. The molecule has 21 heavy (non-hydrogen) atoms. The molecule has 2 rings (SSSR count). The van der Waals surface area contributed by atoms with Gasteiger partial charge in [-0.3, -0.25) is 4.79 Å². The Balaban J connectivity index is 2.30. The molecule has 0 aliphatic carbocycles. The van der Waals surface area contributed by atoms with Crippen molar-refractivity contribution in [2.75, 3.05) is 11.1 Å². The van der Waals surface area contributed by atoms with Gasteiger partial charge in [0, 0.05) is 5.69 Å². The number of sulfonamides is 1. The number of aromatic nitrogens is 1. The fourth-order valence-corrected chi connectivity index (χ4v) is 2.32. The van der Waals surface area contributed by atoms with Crippen LogP contribution in [0.2, 0.25) is 5.15 Å². The molecule has 1 aromatic heterocycles. The SMILES string of the molecule is Nc1cnc(Cl)c(C(=O)Nc2cccc(S(N)(=O)=O)c2)c1. The number of hydrogen-bond acceptors (Lipinski definition) is 5. The highest BCUT2D eigenvalue weighted by atomic mass is 35.5. The van der Waals surface area contributed by atoms with Crippen molar-refractivity contribution in [1.29, 1.82) is 0 Å². The number of amides is 1. The maximum absolute atomic E-state index is 12.1. The van der Waals surface area contributed by atoms with E-state index in [1.807, 2.05) is 0 Å². The number of nitrogens with two attached hydrogens (primary N) is 2. The lowest BCUT2D eigenvalue weighted by Gasteiger charge is -2.08. The van der Waals surface area contributed by atoms with E-state index >= 15 is 0 Å². The third-order valence-electron chi connectivity index (χ3n) is 2.53. The van der Waals surface area contributed by atoms with E-state index < -0.39 is 15.9 Å². The van der Waals surface area contributed by atoms with Crippen molar-refractivity contribution >= 4 is 38.9 Å². The molecule has 2 aromatic rings. The highest BCUT2D eigenvalue weighted by molar-refractivity contribution is 7.89. The van der Waals surface area contributed by atoms with E-state index in [1.54, 1.807) is 0 Å². The zero-order valence-electron chi connectivity index (χ0n) is 10.6. The van der Waals surface area contributed by atoms with Crippen LogP contribution in [0.25, 0.3) is 0 Å². The first kappa shape index (κ1) is 15.2. The fourth-order valence-electron chi connectivity index (χ4n) is 1.57. The third kappa shape index (κ3) is 3.69. The number of hydrogen-bond donors (Lipinski definition) is 3. The standard InChI is InChI=1S/C12H11ClN4O3S/c13-11-10(4-7(14)6-16-11)12(18)17-8-2-1-3-9(5-8)21(15,19)20/h1-6H,14H2,(H,17,18)(H2,15,19,20). The summed E-state index contributed by atoms with van der Waals surface area (Å²) in [7, 11) is -3.85. The number of nitrogen functional groups attached to an aromatic ring is 1. The summed E-state index contributed by atoms with van der Waals surface area (Å²) >= 11 is 5.82. The number of halogens is 1. The van der Waals surface area contributed by atoms with Gasteiger partial charge in [-0.1, -0.05) is 17.7 Å². The van der Waals surface area contributed by atoms with Gasteiger partial charge < -0.3 is 11.1 Å². The van der Waals surface area contributed by atoms with E-state index in [2.05, 4.69) is 10.3 Å². The molecule has 0 aliphatic rings. The minimum Gasteiger partial charge on any atom is -0.397 e. The van der Waals surface area contributed by atoms with Crippen LogP contribution in [-0.2, 0) is 10.0 Å². The molecule has 0 aliphatic heterocycles. The predicted molar refractivity (Wildman–Crippen MR) is 79.4 cm³/mol. The Morgan fingerprint density at radius 3 is 2.67 bits per heavy atom. The smallest absolute Gasteiger partial charge is 0.258 e. The first-order valence-electron chi connectivity index (χ1n) is 5.62. The number of pyridine rings is 1. The van der Waals surface area contributed by atoms with Crippen molar-refractivity contribution in [2.24, 2.45) is 5.14 Å². The van der Waals surface area contributed by atoms with E-state index in [9.17, 15) is 13.2 Å². The summed E-state index contributed by atoms with van der Waals surface area (Å²) in [4.78, 5) is 15.7. The summed E-state index contributed by atoms with van der Waals surface area (Å²) in [6, 6.07) is 6.89. The van der Waals surface area contributed by atoms with Crippen LogP contribution < -0.4 is 16.2 Å². The van der Waals surface area contributed by atoms with Crippen LogP contribution in [0.3, 0.4) is 0 Å². The Labute approximate surface area is 126 Å². The first-order chi connectivity index (χ1) is 9.77. The second-order valence-electron chi connectivity index (χ2n) is 4.13. The third-order valence-corrected chi connectivity index (χ3v) is 3.74. The van der Waals surface area contributed by atoms with Crippen molar-refractivity contribution in [3.05, 3.63) is 47.2 Å². The summed E-state index contributed by atoms with van der Waals surface area (Å²) in [5, 5.41) is 7.51. The van der Waals surface area contributed by atoms with Gasteiger partial charge in [0.1, 0.15) is 5.15 Å². The molecular formula is C12H11ClN4O3S. The number of anilines is 2. The van der Waals surface area contributed by atoms with Crippen LogP contribution in [0.4, 0.5) is 11.4 Å². The van der Waals surface area contributed by atoms with Crippen molar-refractivity contribution in [1.82, 2.24) is 4.98 Å². The summed E-state index contributed by atoms with van der Waals surface area (Å²) in [6.07, 6.45) is 1.32. The highest BCUT2D eigenvalue weighted by Gasteiger charge is 2.14. The molecule has 9 heteroatoms. The number of benzene rings is 1. The van der Waals surface area contributed by atoms with Crippen LogP contribution in [0, 0.1) is 0 Å². The second-order valence-corrected chi connectivity index (χ2v) is 6.05. The van der Waals surface area contributed by atoms with Gasteiger partial charge in [-0.05, 0) is 24.3 Å². The normalized spacial score (nSPS) is 11.1. The van der Waals surface area contributed by atoms with Crippen LogP contribution in [-0.4, -0.2) is 19.3 Å². The number of nitrogens with zero attached hydrogens (tertiary/aromatic N) is 1. The minimum absolute atomic E-state index is 0.00991. The molecular weight excluding hydrogens is 316 g/mol. The molecule has 5 N–H and O–H groups in total. The number of carbonyl (C=O) groups excluding carboxylic acids is 1. The predicted octanol–water partition coefficient (Wildman–Crippen LogP) is 1.22. The molecule has 0 atom stereocenters. The Morgan fingerprint density at radius 2 is 2.00 bits per heavy atom. The largest absolute Gasteiger partial charge is 0.397 e. The van der Waals surface area contributed by atoms with Gasteiger partial charge in [0.2, 0.25) is 10.0 Å². The maximum Gasteiger partial charge on any atom is 0.258 e. The zero-order valence-corrected chi connectivity index (χ0v) is 12.1. The lowest BCUT2D eigenvalue weighted by molar-refractivity contribution is 0.102. The minimum atomic E-state index is -3.85. The molecule has 1 amide bonds. The summed E-state index contributed by atoms with van der Waals surface area (Å²) in [5.74, 6) is -0.564. The average Bonchev–Trinajstić information content (AvgIpc) is 2.41. The van der Waals surface area contributed by atoms with Crippen LogP contribution >= 0.6 is 11.6 Å². The van der Waals surface area contributed by atoms with Crippen LogP contribution in [0.15, 0.2) is 41.4 Å². The number of rotatable bonds is 3. The maximum atomic E-state index is 12.1. The zero-order chi connectivity index (χ0) is 15.6. The Bertz CT molecular complexity index is 808. The molecule has 0 radical (unpaired) electrons. The van der Waals surface area contributed by atoms with Gasteiger partial charge in [0.05, 0.1) is 22.3 Å². The average molecular weight is 327 g/mol. The van der Waals surface area contributed by atoms with E-state index in [4.69, 9.17) is 22.5 Å². The van der Waals surface area contributed by atoms with Gasteiger partial charge in [-0.15, -0.1) is 0 Å². The van der Waals surface area contributed by atoms with Gasteiger partial charge in [-0.25, -0.2) is 18.5 Å². The molecule has 1 heterocycles. The van der Waals surface area contributed by atoms with E-state index in [0.29, 0.717) is 0 Å². The molecule has 0 saturated heterocycles. The number of carbonyl (C=O) groups is 1. The van der Waals surface area contributed by atoms with Crippen molar-refractivity contribution in [3.8, 4) is 0 Å². The van der Waals surface area contributed by atoms with Gasteiger partial charge in [0.15, 0.2) is 0 Å².